The highest BCUT2D eigenvalue weighted by Crippen LogP contribution is 2.48. The lowest BCUT2D eigenvalue weighted by Crippen LogP contribution is -2.55. The fourth-order valence-corrected chi connectivity index (χ4v) is 10.3. The van der Waals surface area contributed by atoms with Crippen LogP contribution in [0.15, 0.2) is 30.3 Å². The number of carbonyl (C=O) groups is 1. The molecule has 4 unspecified atom stereocenters. The lowest BCUT2D eigenvalue weighted by atomic mass is 9.66. The van der Waals surface area contributed by atoms with Crippen LogP contribution in [0, 0.1) is 23.7 Å². The molecule has 41 heavy (non-hydrogen) atoms. The third-order valence-electron chi connectivity index (χ3n) is 11.1. The first kappa shape index (κ1) is 31.0. The Bertz CT molecular complexity index is 1090. The van der Waals surface area contributed by atoms with Crippen LogP contribution in [0.4, 0.5) is 0 Å². The summed E-state index contributed by atoms with van der Waals surface area (Å²) < 4.78 is 28.0. The van der Waals surface area contributed by atoms with Crippen LogP contribution < -0.4 is 5.43 Å². The van der Waals surface area contributed by atoms with E-state index in [0.29, 0.717) is 36.8 Å². The second kappa shape index (κ2) is 13.4. The molecule has 3 aliphatic heterocycles. The van der Waals surface area contributed by atoms with Crippen molar-refractivity contribution in [2.75, 3.05) is 32.7 Å². The highest BCUT2D eigenvalue weighted by atomic mass is 32.2. The molecule has 1 N–H and O–H groups in total. The Kier molecular flexibility index (Phi) is 10.1. The van der Waals surface area contributed by atoms with E-state index in [1.165, 1.54) is 44.9 Å². The van der Waals surface area contributed by atoms with E-state index < -0.39 is 10.0 Å². The van der Waals surface area contributed by atoms with Crippen molar-refractivity contribution in [3.05, 3.63) is 35.9 Å². The quantitative estimate of drug-likeness (QED) is 0.440. The van der Waals surface area contributed by atoms with Gasteiger partial charge in [-0.25, -0.2) is 23.2 Å². The molecule has 1 aromatic carbocycles. The van der Waals surface area contributed by atoms with Crippen LogP contribution in [0.1, 0.15) is 97.0 Å². The Morgan fingerprint density at radius 3 is 2.15 bits per heavy atom. The topological polar surface area (TPSA) is 73.0 Å². The van der Waals surface area contributed by atoms with Gasteiger partial charge in [0, 0.05) is 44.3 Å². The van der Waals surface area contributed by atoms with Crippen LogP contribution in [0.2, 0.25) is 0 Å². The van der Waals surface area contributed by atoms with Crippen LogP contribution >= 0.6 is 0 Å². The molecule has 0 radical (unpaired) electrons. The van der Waals surface area contributed by atoms with Crippen molar-refractivity contribution in [1.82, 2.24) is 19.6 Å². The van der Waals surface area contributed by atoms with Gasteiger partial charge >= 0.3 is 0 Å². The Morgan fingerprint density at radius 2 is 1.51 bits per heavy atom. The first-order valence-corrected chi connectivity index (χ1v) is 18.2. The zero-order valence-corrected chi connectivity index (χ0v) is 26.6. The fourth-order valence-electron chi connectivity index (χ4n) is 8.74. The van der Waals surface area contributed by atoms with Gasteiger partial charge in [0.1, 0.15) is 0 Å². The smallest absolute Gasteiger partial charge is 0.229 e. The monoisotopic (exact) mass is 586 g/mol. The maximum absolute atomic E-state index is 14.2. The van der Waals surface area contributed by atoms with E-state index in [4.69, 9.17) is 0 Å². The number of hydrogen-bond acceptors (Lipinski definition) is 5. The standard InChI is InChI=1S/C33H54N4O3S/c1-4-35(5-2)32(38)31-30-24-28(20-23-37(30)34-33(31,3)29-16-12-7-6-8-13-17-29)27-18-21-36(22-19-27)41(39,40)25-26-14-10-9-11-15-26/h9-11,14-15,27-31,34H,4-8,12-13,16-25H2,1-3H3. The Labute approximate surface area is 249 Å². The van der Waals surface area contributed by atoms with Gasteiger partial charge in [0.25, 0.3) is 0 Å². The second-order valence-electron chi connectivity index (χ2n) is 13.4. The summed E-state index contributed by atoms with van der Waals surface area (Å²) in [4.78, 5) is 16.3. The van der Waals surface area contributed by atoms with Crippen LogP contribution in [0.25, 0.3) is 0 Å². The highest BCUT2D eigenvalue weighted by molar-refractivity contribution is 7.88. The molecule has 230 valence electrons. The van der Waals surface area contributed by atoms with Crippen molar-refractivity contribution in [2.24, 2.45) is 23.7 Å². The second-order valence-corrected chi connectivity index (χ2v) is 15.4. The number of piperidine rings is 2. The number of nitrogens with zero attached hydrogens (tertiary/aromatic N) is 3. The number of nitrogens with one attached hydrogen (secondary N) is 1. The molecule has 4 fully saturated rings. The van der Waals surface area contributed by atoms with Crippen molar-refractivity contribution in [2.45, 2.75) is 109 Å². The number of fused-ring (bicyclic) bond motifs is 1. The maximum atomic E-state index is 14.2. The van der Waals surface area contributed by atoms with Gasteiger partial charge in [0.15, 0.2) is 0 Å². The van der Waals surface area contributed by atoms with Crippen LogP contribution in [-0.4, -0.2) is 72.8 Å². The molecule has 1 amide bonds. The van der Waals surface area contributed by atoms with E-state index in [1.54, 1.807) is 4.31 Å². The molecule has 4 aliphatic rings. The van der Waals surface area contributed by atoms with Gasteiger partial charge < -0.3 is 4.90 Å². The molecule has 1 aromatic rings. The minimum absolute atomic E-state index is 0.0269. The minimum atomic E-state index is -3.31. The van der Waals surface area contributed by atoms with Gasteiger partial charge in [0.05, 0.1) is 11.7 Å². The van der Waals surface area contributed by atoms with Crippen molar-refractivity contribution in [1.29, 1.82) is 0 Å². The Morgan fingerprint density at radius 1 is 0.902 bits per heavy atom. The summed E-state index contributed by atoms with van der Waals surface area (Å²) >= 11 is 0. The van der Waals surface area contributed by atoms with Gasteiger partial charge in [0.2, 0.25) is 15.9 Å². The van der Waals surface area contributed by atoms with Gasteiger partial charge in [-0.1, -0.05) is 62.4 Å². The molecular weight excluding hydrogens is 532 g/mol. The molecule has 0 spiro atoms. The molecular formula is C33H54N4O3S. The molecule has 0 bridgehead atoms. The first-order valence-electron chi connectivity index (χ1n) is 16.6. The molecule has 1 saturated carbocycles. The lowest BCUT2D eigenvalue weighted by Gasteiger charge is -2.43. The van der Waals surface area contributed by atoms with Crippen molar-refractivity contribution >= 4 is 15.9 Å². The lowest BCUT2D eigenvalue weighted by molar-refractivity contribution is -0.139. The van der Waals surface area contributed by atoms with E-state index in [-0.39, 0.29) is 23.3 Å². The summed E-state index contributed by atoms with van der Waals surface area (Å²) in [6.45, 7) is 10.3. The first-order chi connectivity index (χ1) is 19.8. The number of amides is 1. The molecule has 4 atom stereocenters. The van der Waals surface area contributed by atoms with E-state index in [9.17, 15) is 13.2 Å². The largest absolute Gasteiger partial charge is 0.343 e. The summed E-state index contributed by atoms with van der Waals surface area (Å²) in [7, 11) is -3.31. The SMILES string of the molecule is CCN(CC)C(=O)C1C2CC(C3CCN(S(=O)(=O)Cc4ccccc4)CC3)CCN2NC1(C)C1CCCCCCC1. The molecule has 8 heteroatoms. The number of hydrogen-bond donors (Lipinski definition) is 1. The molecule has 0 aromatic heterocycles. The van der Waals surface area contributed by atoms with E-state index >= 15 is 0 Å². The van der Waals surface area contributed by atoms with Crippen molar-refractivity contribution < 1.29 is 13.2 Å². The Balaban J connectivity index is 1.28. The third-order valence-corrected chi connectivity index (χ3v) is 13.0. The number of hydrazine groups is 1. The van der Waals surface area contributed by atoms with Crippen LogP contribution in [0.3, 0.4) is 0 Å². The highest BCUT2D eigenvalue weighted by Gasteiger charge is 2.58. The predicted octanol–water partition coefficient (Wildman–Crippen LogP) is 5.43. The average molecular weight is 587 g/mol. The van der Waals surface area contributed by atoms with Gasteiger partial charge in [-0.2, -0.15) is 0 Å². The van der Waals surface area contributed by atoms with Crippen LogP contribution in [-0.2, 0) is 20.6 Å². The predicted molar refractivity (Wildman–Crippen MR) is 165 cm³/mol. The van der Waals surface area contributed by atoms with E-state index in [0.717, 1.165) is 50.9 Å². The molecule has 3 saturated heterocycles. The summed E-state index contributed by atoms with van der Waals surface area (Å²) in [6.07, 6.45) is 13.0. The summed E-state index contributed by atoms with van der Waals surface area (Å²) in [5.41, 5.74) is 4.64. The Hall–Kier alpha value is -1.48. The fraction of sp³-hybridized carbons (Fsp3) is 0.788. The van der Waals surface area contributed by atoms with Gasteiger partial charge in [-0.3, -0.25) is 4.79 Å². The van der Waals surface area contributed by atoms with Gasteiger partial charge in [-0.15, -0.1) is 0 Å². The minimum Gasteiger partial charge on any atom is -0.343 e. The normalized spacial score (nSPS) is 31.3. The zero-order valence-electron chi connectivity index (χ0n) is 25.8. The zero-order chi connectivity index (χ0) is 29.0. The number of carbonyl (C=O) groups excluding carboxylic acids is 1. The average Bonchev–Trinajstić information content (AvgIpc) is 3.25. The van der Waals surface area contributed by atoms with Crippen molar-refractivity contribution in [3.8, 4) is 0 Å². The van der Waals surface area contributed by atoms with E-state index in [1.807, 2.05) is 30.3 Å². The third kappa shape index (κ3) is 6.71. The molecule has 3 heterocycles. The number of benzene rings is 1. The van der Waals surface area contributed by atoms with Crippen molar-refractivity contribution in [3.63, 3.8) is 0 Å². The summed E-state index contributed by atoms with van der Waals surface area (Å²) in [5, 5.41) is 2.46. The maximum Gasteiger partial charge on any atom is 0.229 e. The van der Waals surface area contributed by atoms with Crippen LogP contribution in [0.5, 0.6) is 0 Å². The van der Waals surface area contributed by atoms with Gasteiger partial charge in [-0.05, 0) is 82.6 Å². The summed E-state index contributed by atoms with van der Waals surface area (Å²) in [6, 6.07) is 9.75. The molecule has 5 rings (SSSR count). The molecule has 1 aliphatic carbocycles. The molecule has 7 nitrogen and oxygen atoms in total. The van der Waals surface area contributed by atoms with E-state index in [2.05, 4.69) is 36.1 Å². The number of rotatable bonds is 8. The summed E-state index contributed by atoms with van der Waals surface area (Å²) in [5.74, 6) is 1.98. The number of sulfonamides is 1.